The van der Waals surface area contributed by atoms with E-state index in [1.54, 1.807) is 37.6 Å². The zero-order chi connectivity index (χ0) is 12.3. The lowest BCUT2D eigenvalue weighted by Gasteiger charge is -2.15. The number of hydrogen-bond acceptors (Lipinski definition) is 3. The summed E-state index contributed by atoms with van der Waals surface area (Å²) in [4.78, 5) is 27.0. The van der Waals surface area contributed by atoms with E-state index in [9.17, 15) is 9.59 Å². The first-order chi connectivity index (χ1) is 8.16. The molecule has 2 aromatic heterocycles. The van der Waals surface area contributed by atoms with Gasteiger partial charge in [0.1, 0.15) is 11.5 Å². The Balaban J connectivity index is 2.12. The third-order valence-corrected chi connectivity index (χ3v) is 2.32. The molecular formula is C12H12N2O3. The van der Waals surface area contributed by atoms with Crippen molar-refractivity contribution >= 4 is 5.91 Å². The first-order valence-electron chi connectivity index (χ1n) is 5.14. The summed E-state index contributed by atoms with van der Waals surface area (Å²) in [6.45, 7) is 0.364. The average Bonchev–Trinajstić information content (AvgIpc) is 2.80. The van der Waals surface area contributed by atoms with Crippen molar-refractivity contribution < 1.29 is 9.21 Å². The molecule has 2 rings (SSSR count). The van der Waals surface area contributed by atoms with Crippen LogP contribution in [0.15, 0.2) is 45.8 Å². The predicted octanol–water partition coefficient (Wildman–Crippen LogP) is 1.24. The van der Waals surface area contributed by atoms with Gasteiger partial charge in [-0.1, -0.05) is 6.07 Å². The van der Waals surface area contributed by atoms with Crippen LogP contribution in [0.3, 0.4) is 0 Å². The molecule has 0 aromatic carbocycles. The standard InChI is InChI=1S/C12H12N2O3/c1-14(8-9-4-3-7-17-9)12(16)10-5-2-6-11(15)13-10/h2-7H,8H2,1H3,(H,13,15). The largest absolute Gasteiger partial charge is 0.467 e. The zero-order valence-corrected chi connectivity index (χ0v) is 9.34. The number of aromatic amines is 1. The van der Waals surface area contributed by atoms with E-state index in [0.29, 0.717) is 12.3 Å². The lowest BCUT2D eigenvalue weighted by atomic mass is 10.3. The number of furan rings is 1. The smallest absolute Gasteiger partial charge is 0.270 e. The van der Waals surface area contributed by atoms with Crippen LogP contribution in [0, 0.1) is 0 Å². The van der Waals surface area contributed by atoms with Crippen LogP contribution in [0.1, 0.15) is 16.2 Å². The van der Waals surface area contributed by atoms with Crippen LogP contribution < -0.4 is 5.56 Å². The third kappa shape index (κ3) is 2.63. The number of hydrogen-bond donors (Lipinski definition) is 1. The van der Waals surface area contributed by atoms with Crippen molar-refractivity contribution in [3.8, 4) is 0 Å². The van der Waals surface area contributed by atoms with E-state index >= 15 is 0 Å². The summed E-state index contributed by atoms with van der Waals surface area (Å²) in [6.07, 6.45) is 1.55. The van der Waals surface area contributed by atoms with E-state index in [4.69, 9.17) is 4.42 Å². The van der Waals surface area contributed by atoms with Gasteiger partial charge in [-0.3, -0.25) is 9.59 Å². The minimum Gasteiger partial charge on any atom is -0.467 e. The number of nitrogens with one attached hydrogen (secondary N) is 1. The molecule has 0 fully saturated rings. The molecule has 0 bridgehead atoms. The topological polar surface area (TPSA) is 66.3 Å². The number of H-pyrrole nitrogens is 1. The molecule has 0 spiro atoms. The highest BCUT2D eigenvalue weighted by Crippen LogP contribution is 2.06. The Morgan fingerprint density at radius 2 is 2.18 bits per heavy atom. The van der Waals surface area contributed by atoms with Gasteiger partial charge in [0.05, 0.1) is 12.8 Å². The molecule has 88 valence electrons. The zero-order valence-electron chi connectivity index (χ0n) is 9.34. The monoisotopic (exact) mass is 232 g/mol. The van der Waals surface area contributed by atoms with Crippen LogP contribution in [-0.4, -0.2) is 22.8 Å². The number of carbonyl (C=O) groups is 1. The average molecular weight is 232 g/mol. The molecule has 1 amide bonds. The maximum absolute atomic E-state index is 11.9. The molecule has 0 aliphatic rings. The second-order valence-electron chi connectivity index (χ2n) is 3.67. The van der Waals surface area contributed by atoms with Crippen molar-refractivity contribution in [2.45, 2.75) is 6.54 Å². The van der Waals surface area contributed by atoms with Gasteiger partial charge in [-0.2, -0.15) is 0 Å². The number of nitrogens with zero attached hydrogens (tertiary/aromatic N) is 1. The van der Waals surface area contributed by atoms with Gasteiger partial charge in [-0.15, -0.1) is 0 Å². The second kappa shape index (κ2) is 4.69. The lowest BCUT2D eigenvalue weighted by Crippen LogP contribution is -2.28. The quantitative estimate of drug-likeness (QED) is 0.865. The molecule has 0 saturated carbocycles. The molecular weight excluding hydrogens is 220 g/mol. The fourth-order valence-corrected chi connectivity index (χ4v) is 1.49. The number of pyridine rings is 1. The summed E-state index contributed by atoms with van der Waals surface area (Å²) in [5, 5.41) is 0. The highest BCUT2D eigenvalue weighted by molar-refractivity contribution is 5.91. The van der Waals surface area contributed by atoms with Crippen molar-refractivity contribution in [2.75, 3.05) is 7.05 Å². The first-order valence-corrected chi connectivity index (χ1v) is 5.14. The van der Waals surface area contributed by atoms with E-state index in [0.717, 1.165) is 0 Å². The number of amides is 1. The van der Waals surface area contributed by atoms with Crippen LogP contribution >= 0.6 is 0 Å². The van der Waals surface area contributed by atoms with E-state index in [1.807, 2.05) is 0 Å². The third-order valence-electron chi connectivity index (χ3n) is 2.32. The van der Waals surface area contributed by atoms with Gasteiger partial charge in [-0.25, -0.2) is 0 Å². The minimum absolute atomic E-state index is 0.251. The minimum atomic E-state index is -0.290. The van der Waals surface area contributed by atoms with Crippen molar-refractivity contribution in [3.63, 3.8) is 0 Å². The van der Waals surface area contributed by atoms with Gasteiger partial charge in [-0.05, 0) is 18.2 Å². The summed E-state index contributed by atoms with van der Waals surface area (Å²) in [7, 11) is 1.65. The number of carbonyl (C=O) groups excluding carboxylic acids is 1. The SMILES string of the molecule is CN(Cc1ccco1)C(=O)c1cccc(=O)[nH]1. The van der Waals surface area contributed by atoms with Gasteiger partial charge in [0.2, 0.25) is 5.56 Å². The Morgan fingerprint density at radius 3 is 2.82 bits per heavy atom. The molecule has 0 radical (unpaired) electrons. The van der Waals surface area contributed by atoms with Crippen molar-refractivity contribution in [1.82, 2.24) is 9.88 Å². The second-order valence-corrected chi connectivity index (χ2v) is 3.67. The van der Waals surface area contributed by atoms with E-state index < -0.39 is 0 Å². The fraction of sp³-hybridized carbons (Fsp3) is 0.167. The molecule has 0 aliphatic heterocycles. The summed E-state index contributed by atoms with van der Waals surface area (Å²) >= 11 is 0. The van der Waals surface area contributed by atoms with Crippen molar-refractivity contribution in [1.29, 1.82) is 0 Å². The van der Waals surface area contributed by atoms with E-state index in [-0.39, 0.29) is 17.2 Å². The molecule has 17 heavy (non-hydrogen) atoms. The van der Waals surface area contributed by atoms with Crippen molar-refractivity contribution in [2.24, 2.45) is 0 Å². The Morgan fingerprint density at radius 1 is 1.35 bits per heavy atom. The van der Waals surface area contributed by atoms with Crippen LogP contribution in [0.25, 0.3) is 0 Å². The van der Waals surface area contributed by atoms with E-state index in [2.05, 4.69) is 4.98 Å². The predicted molar refractivity (Wildman–Crippen MR) is 61.6 cm³/mol. The molecule has 0 aliphatic carbocycles. The Labute approximate surface area is 97.7 Å². The lowest BCUT2D eigenvalue weighted by molar-refractivity contribution is 0.0769. The Hall–Kier alpha value is -2.30. The molecule has 0 atom stereocenters. The first kappa shape index (κ1) is 11.2. The van der Waals surface area contributed by atoms with Gasteiger partial charge in [0, 0.05) is 13.1 Å². The van der Waals surface area contributed by atoms with Gasteiger partial charge < -0.3 is 14.3 Å². The highest BCUT2D eigenvalue weighted by atomic mass is 16.3. The molecule has 1 N–H and O–H groups in total. The summed E-state index contributed by atoms with van der Waals surface area (Å²) in [5.74, 6) is 0.443. The maximum Gasteiger partial charge on any atom is 0.270 e. The molecule has 0 saturated heterocycles. The van der Waals surface area contributed by atoms with Gasteiger partial charge in [0.15, 0.2) is 0 Å². The summed E-state index contributed by atoms with van der Waals surface area (Å²) < 4.78 is 5.15. The molecule has 2 heterocycles. The summed E-state index contributed by atoms with van der Waals surface area (Å²) in [6, 6.07) is 8.04. The van der Waals surface area contributed by atoms with E-state index in [1.165, 1.54) is 11.0 Å². The van der Waals surface area contributed by atoms with Crippen LogP contribution in [-0.2, 0) is 6.54 Å². The summed E-state index contributed by atoms with van der Waals surface area (Å²) in [5.41, 5.74) is -0.0196. The number of rotatable bonds is 3. The normalized spacial score (nSPS) is 10.2. The van der Waals surface area contributed by atoms with Crippen molar-refractivity contribution in [3.05, 3.63) is 58.4 Å². The number of aromatic nitrogens is 1. The maximum atomic E-state index is 11.9. The fourth-order valence-electron chi connectivity index (χ4n) is 1.49. The molecule has 2 aromatic rings. The Kier molecular flexibility index (Phi) is 3.09. The van der Waals surface area contributed by atoms with Gasteiger partial charge in [0.25, 0.3) is 5.91 Å². The van der Waals surface area contributed by atoms with Gasteiger partial charge >= 0.3 is 0 Å². The molecule has 0 unspecified atom stereocenters. The van der Waals surface area contributed by atoms with Crippen LogP contribution in [0.5, 0.6) is 0 Å². The molecule has 5 nitrogen and oxygen atoms in total. The Bertz CT molecular complexity index is 557. The van der Waals surface area contributed by atoms with Crippen LogP contribution in [0.2, 0.25) is 0 Å². The highest BCUT2D eigenvalue weighted by Gasteiger charge is 2.13. The molecule has 5 heteroatoms. The van der Waals surface area contributed by atoms with Crippen LogP contribution in [0.4, 0.5) is 0 Å².